The molecule has 0 unspecified atom stereocenters. The molecule has 0 N–H and O–H groups in total. The second-order valence-corrected chi connectivity index (χ2v) is 9.89. The third-order valence-corrected chi connectivity index (χ3v) is 4.84. The predicted molar refractivity (Wildman–Crippen MR) is 134 cm³/mol. The number of benzene rings is 2. The molecule has 0 spiro atoms. The van der Waals surface area contributed by atoms with Crippen molar-refractivity contribution >= 4 is 17.8 Å². The van der Waals surface area contributed by atoms with Crippen LogP contribution in [0.25, 0.3) is 6.08 Å². The Morgan fingerprint density at radius 1 is 0.939 bits per heavy atom. The zero-order valence-electron chi connectivity index (χ0n) is 21.4. The van der Waals surface area contributed by atoms with Crippen molar-refractivity contribution in [1.82, 2.24) is 4.90 Å². The summed E-state index contributed by atoms with van der Waals surface area (Å²) >= 11 is 0. The van der Waals surface area contributed by atoms with Crippen LogP contribution in [0.3, 0.4) is 0 Å². The second kappa shape index (κ2) is 10.7. The molecule has 2 rings (SSSR count). The van der Waals surface area contributed by atoms with Gasteiger partial charge in [0.05, 0.1) is 23.3 Å². The maximum Gasteiger partial charge on any atom is 0.253 e. The van der Waals surface area contributed by atoms with Gasteiger partial charge in [0, 0.05) is 25.2 Å². The summed E-state index contributed by atoms with van der Waals surface area (Å²) in [6, 6.07) is 10.9. The molecule has 0 aliphatic heterocycles. The Labute approximate surface area is 198 Å². The van der Waals surface area contributed by atoms with Gasteiger partial charge in [-0.2, -0.15) is 0 Å². The molecule has 33 heavy (non-hydrogen) atoms. The van der Waals surface area contributed by atoms with Crippen molar-refractivity contribution in [1.29, 1.82) is 0 Å². The van der Waals surface area contributed by atoms with Gasteiger partial charge >= 0.3 is 0 Å². The van der Waals surface area contributed by atoms with Crippen LogP contribution in [0.4, 0.5) is 0 Å². The lowest BCUT2D eigenvalue weighted by atomic mass is 9.81. The number of hydrogen-bond donors (Lipinski definition) is 0. The van der Waals surface area contributed by atoms with Gasteiger partial charge in [-0.1, -0.05) is 51.1 Å². The molecule has 0 radical (unpaired) electrons. The molecule has 0 saturated heterocycles. The molecule has 0 heterocycles. The lowest BCUT2D eigenvalue weighted by Crippen LogP contribution is -2.28. The molecule has 0 fully saturated rings. The monoisotopic (exact) mass is 451 g/mol. The first kappa shape index (κ1) is 26.2. The van der Waals surface area contributed by atoms with Crippen molar-refractivity contribution in [2.45, 2.75) is 66.1 Å². The van der Waals surface area contributed by atoms with Crippen LogP contribution >= 0.6 is 0 Å². The summed E-state index contributed by atoms with van der Waals surface area (Å²) in [4.78, 5) is 27.5. The van der Waals surface area contributed by atoms with Crippen molar-refractivity contribution in [3.8, 4) is 11.5 Å². The van der Waals surface area contributed by atoms with Crippen LogP contribution in [0.1, 0.15) is 80.3 Å². The Hall–Kier alpha value is -3.08. The summed E-state index contributed by atoms with van der Waals surface area (Å²) in [5.74, 6) is 0.833. The molecular weight excluding hydrogens is 414 g/mol. The van der Waals surface area contributed by atoms with Crippen LogP contribution in [0.5, 0.6) is 11.5 Å². The maximum absolute atomic E-state index is 13.2. The van der Waals surface area contributed by atoms with Gasteiger partial charge in [0.15, 0.2) is 5.78 Å². The third kappa shape index (κ3) is 6.70. The first-order valence-electron chi connectivity index (χ1n) is 11.4. The highest BCUT2D eigenvalue weighted by Gasteiger charge is 2.31. The molecule has 178 valence electrons. The standard InChI is InChI=1S/C28H37NO4/c1-18(2)32-24-17-22(27(31)29(8)9)25(28(5,6)7)26(33-19(3)4)21(24)15-16-23(30)20-13-11-10-12-14-20/h10-19H,1-9H3/b16-15+. The highest BCUT2D eigenvalue weighted by Crippen LogP contribution is 2.43. The molecular formula is C28H37NO4. The lowest BCUT2D eigenvalue weighted by molar-refractivity contribution is 0.0822. The Bertz CT molecular complexity index is 1010. The molecule has 0 bridgehead atoms. The van der Waals surface area contributed by atoms with Crippen molar-refractivity contribution in [2.75, 3.05) is 14.1 Å². The van der Waals surface area contributed by atoms with E-state index in [4.69, 9.17) is 9.47 Å². The maximum atomic E-state index is 13.2. The van der Waals surface area contributed by atoms with E-state index in [1.807, 2.05) is 66.7 Å². The number of hydrogen-bond acceptors (Lipinski definition) is 4. The molecule has 5 heteroatoms. The average Bonchev–Trinajstić information content (AvgIpc) is 2.70. The van der Waals surface area contributed by atoms with Crippen molar-refractivity contribution < 1.29 is 19.1 Å². The predicted octanol–water partition coefficient (Wildman–Crippen LogP) is 6.16. The van der Waals surface area contributed by atoms with Gasteiger partial charge in [-0.25, -0.2) is 0 Å². The normalized spacial score (nSPS) is 11.8. The Kier molecular flexibility index (Phi) is 8.48. The van der Waals surface area contributed by atoms with E-state index < -0.39 is 5.41 Å². The van der Waals surface area contributed by atoms with Crippen LogP contribution in [0.15, 0.2) is 42.5 Å². The van der Waals surface area contributed by atoms with Gasteiger partial charge in [-0.15, -0.1) is 0 Å². The van der Waals surface area contributed by atoms with Crippen molar-refractivity contribution in [3.63, 3.8) is 0 Å². The fourth-order valence-corrected chi connectivity index (χ4v) is 3.53. The van der Waals surface area contributed by atoms with Crippen LogP contribution in [0.2, 0.25) is 0 Å². The molecule has 5 nitrogen and oxygen atoms in total. The smallest absolute Gasteiger partial charge is 0.253 e. The molecule has 0 saturated carbocycles. The summed E-state index contributed by atoms with van der Waals surface area (Å²) in [6.07, 6.45) is 3.01. The van der Waals surface area contributed by atoms with E-state index in [2.05, 4.69) is 0 Å². The lowest BCUT2D eigenvalue weighted by Gasteiger charge is -2.30. The van der Waals surface area contributed by atoms with Gasteiger partial charge < -0.3 is 14.4 Å². The fourth-order valence-electron chi connectivity index (χ4n) is 3.53. The Balaban J connectivity index is 2.84. The highest BCUT2D eigenvalue weighted by atomic mass is 16.5. The van der Waals surface area contributed by atoms with Crippen molar-refractivity contribution in [3.05, 3.63) is 64.7 Å². The second-order valence-electron chi connectivity index (χ2n) is 9.89. The number of ether oxygens (including phenoxy) is 2. The molecule has 0 aliphatic carbocycles. The number of carbonyl (C=O) groups excluding carboxylic acids is 2. The van der Waals surface area contributed by atoms with Gasteiger partial charge in [0.25, 0.3) is 5.91 Å². The van der Waals surface area contributed by atoms with Crippen LogP contribution in [-0.2, 0) is 5.41 Å². The molecule has 2 aromatic carbocycles. The summed E-state index contributed by atoms with van der Waals surface area (Å²) in [5.41, 5.74) is 2.18. The topological polar surface area (TPSA) is 55.8 Å². The average molecular weight is 452 g/mol. The fraction of sp³-hybridized carbons (Fsp3) is 0.429. The summed E-state index contributed by atoms with van der Waals surface area (Å²) < 4.78 is 12.5. The van der Waals surface area contributed by atoms with E-state index in [1.54, 1.807) is 43.3 Å². The highest BCUT2D eigenvalue weighted by molar-refractivity contribution is 6.07. The Morgan fingerprint density at radius 2 is 1.52 bits per heavy atom. The van der Waals surface area contributed by atoms with Gasteiger partial charge in [0.1, 0.15) is 11.5 Å². The third-order valence-electron chi connectivity index (χ3n) is 4.84. The number of rotatable bonds is 8. The SMILES string of the molecule is CC(C)Oc1cc(C(=O)N(C)C)c(C(C)(C)C)c(OC(C)C)c1/C=C/C(=O)c1ccccc1. The molecule has 0 aromatic heterocycles. The number of carbonyl (C=O) groups is 2. The van der Waals surface area contributed by atoms with E-state index in [-0.39, 0.29) is 23.9 Å². The van der Waals surface area contributed by atoms with Gasteiger partial charge in [-0.05, 0) is 51.3 Å². The number of amides is 1. The molecule has 2 aromatic rings. The summed E-state index contributed by atoms with van der Waals surface area (Å²) in [7, 11) is 3.46. The summed E-state index contributed by atoms with van der Waals surface area (Å²) in [6.45, 7) is 13.9. The van der Waals surface area contributed by atoms with E-state index in [0.29, 0.717) is 28.2 Å². The Morgan fingerprint density at radius 3 is 2.00 bits per heavy atom. The first-order valence-corrected chi connectivity index (χ1v) is 11.4. The van der Waals surface area contributed by atoms with Gasteiger partial charge in [0.2, 0.25) is 0 Å². The minimum Gasteiger partial charge on any atom is -0.490 e. The van der Waals surface area contributed by atoms with Crippen molar-refractivity contribution in [2.24, 2.45) is 0 Å². The van der Waals surface area contributed by atoms with E-state index in [9.17, 15) is 9.59 Å². The van der Waals surface area contributed by atoms with Gasteiger partial charge in [-0.3, -0.25) is 9.59 Å². The number of allylic oxidation sites excluding steroid dienone is 1. The molecule has 0 aliphatic rings. The van der Waals surface area contributed by atoms with Crippen LogP contribution in [0, 0.1) is 0 Å². The molecule has 1 amide bonds. The minimum atomic E-state index is -0.395. The first-order chi connectivity index (χ1) is 15.3. The van der Waals surface area contributed by atoms with Crippen LogP contribution < -0.4 is 9.47 Å². The molecule has 0 atom stereocenters. The summed E-state index contributed by atoms with van der Waals surface area (Å²) in [5, 5.41) is 0. The zero-order chi connectivity index (χ0) is 24.9. The largest absolute Gasteiger partial charge is 0.490 e. The number of nitrogens with zero attached hydrogens (tertiary/aromatic N) is 1. The minimum absolute atomic E-state index is 0.118. The number of ketones is 1. The van der Waals surface area contributed by atoms with Crippen LogP contribution in [-0.4, -0.2) is 42.9 Å². The van der Waals surface area contributed by atoms with E-state index in [1.165, 1.54) is 6.08 Å². The quantitative estimate of drug-likeness (QED) is 0.356. The van der Waals surface area contributed by atoms with E-state index in [0.717, 1.165) is 5.56 Å². The van der Waals surface area contributed by atoms with E-state index >= 15 is 0 Å². The zero-order valence-corrected chi connectivity index (χ0v) is 21.4.